The van der Waals surface area contributed by atoms with Gasteiger partial charge in [0.15, 0.2) is 0 Å². The minimum Gasteiger partial charge on any atom is -0.341 e. The normalized spacial score (nSPS) is 13.0. The molecule has 0 fully saturated rings. The monoisotopic (exact) mass is 392 g/mol. The lowest BCUT2D eigenvalue weighted by molar-refractivity contribution is -0.555. The smallest absolute Gasteiger partial charge is 0.263 e. The minimum absolute atomic E-state index is 0.759. The van der Waals surface area contributed by atoms with Gasteiger partial charge in [-0.1, -0.05) is 24.3 Å². The van der Waals surface area contributed by atoms with Crippen molar-refractivity contribution in [3.05, 3.63) is 93.8 Å². The van der Waals surface area contributed by atoms with E-state index < -0.39 is 0 Å². The Morgan fingerprint density at radius 2 is 1.57 bits per heavy atom. The molecule has 30 heavy (non-hydrogen) atoms. The van der Waals surface area contributed by atoms with Crippen LogP contribution in [0.2, 0.25) is 0 Å². The highest BCUT2D eigenvalue weighted by molar-refractivity contribution is 6.12. The summed E-state index contributed by atoms with van der Waals surface area (Å²) < 4.78 is 1.46. The second-order valence-electron chi connectivity index (χ2n) is 7.74. The largest absolute Gasteiger partial charge is 0.341 e. The van der Waals surface area contributed by atoms with Gasteiger partial charge in [-0.3, -0.25) is 4.99 Å². The summed E-state index contributed by atoms with van der Waals surface area (Å²) in [5.41, 5.74) is 15.7. The quantitative estimate of drug-likeness (QED) is 0.460. The van der Waals surface area contributed by atoms with E-state index >= 15 is 0 Å². The van der Waals surface area contributed by atoms with E-state index in [9.17, 15) is 0 Å². The highest BCUT2D eigenvalue weighted by Gasteiger charge is 2.15. The molecule has 1 aliphatic heterocycles. The summed E-state index contributed by atoms with van der Waals surface area (Å²) in [6, 6.07) is 20.5. The van der Waals surface area contributed by atoms with E-state index in [0.29, 0.717) is 0 Å². The maximum absolute atomic E-state index is 8.57. The minimum atomic E-state index is 0.759. The van der Waals surface area contributed by atoms with E-state index in [1.807, 2.05) is 43.5 Å². The summed E-state index contributed by atoms with van der Waals surface area (Å²) in [5.74, 6) is 0. The third-order valence-corrected chi connectivity index (χ3v) is 5.59. The molecule has 0 aliphatic carbocycles. The highest BCUT2D eigenvalue weighted by Crippen LogP contribution is 2.33. The lowest BCUT2D eigenvalue weighted by atomic mass is 10.1. The van der Waals surface area contributed by atoms with Crippen molar-refractivity contribution in [2.45, 2.75) is 13.8 Å². The fourth-order valence-electron chi connectivity index (χ4n) is 3.90. The van der Waals surface area contributed by atoms with Gasteiger partial charge >= 0.3 is 0 Å². The third-order valence-electron chi connectivity index (χ3n) is 5.59. The average molecular weight is 392 g/mol. The van der Waals surface area contributed by atoms with Gasteiger partial charge in [0, 0.05) is 13.1 Å². The van der Waals surface area contributed by atoms with Crippen LogP contribution in [0.3, 0.4) is 0 Å². The van der Waals surface area contributed by atoms with Gasteiger partial charge in [0.25, 0.3) is 10.9 Å². The van der Waals surface area contributed by atoms with Crippen LogP contribution in [-0.2, 0) is 0 Å². The lowest BCUT2D eigenvalue weighted by Gasteiger charge is -2.25. The van der Waals surface area contributed by atoms with E-state index in [0.717, 1.165) is 49.5 Å². The molecule has 0 bridgehead atoms. The number of hydrogen-bond donors (Lipinski definition) is 1. The molecule has 146 valence electrons. The van der Waals surface area contributed by atoms with Crippen molar-refractivity contribution in [2.75, 3.05) is 11.9 Å². The number of nitrogens with zero attached hydrogens (tertiary/aromatic N) is 4. The Labute approximate surface area is 174 Å². The molecule has 4 aromatic rings. The zero-order valence-electron chi connectivity index (χ0n) is 17.2. The Bertz CT molecular complexity index is 1530. The predicted molar refractivity (Wildman–Crippen MR) is 120 cm³/mol. The molecule has 5 rings (SSSR count). The summed E-state index contributed by atoms with van der Waals surface area (Å²) in [6.07, 6.45) is 3.69. The number of fused-ring (bicyclic) bond motifs is 2. The molecule has 2 heterocycles. The second kappa shape index (κ2) is 6.88. The summed E-state index contributed by atoms with van der Waals surface area (Å²) in [5, 5.41) is 2.79. The zero-order valence-corrected chi connectivity index (χ0v) is 17.2. The summed E-state index contributed by atoms with van der Waals surface area (Å²) >= 11 is 0. The second-order valence-corrected chi connectivity index (χ2v) is 7.74. The van der Waals surface area contributed by atoms with Gasteiger partial charge in [-0.25, -0.2) is 4.98 Å². The first-order chi connectivity index (χ1) is 14.5. The third kappa shape index (κ3) is 2.95. The molecule has 1 aliphatic rings. The first kappa shape index (κ1) is 18.2. The number of aromatic nitrogens is 2. The highest BCUT2D eigenvalue weighted by atomic mass is 15.1. The molecule has 0 unspecified atom stereocenters. The fourth-order valence-corrected chi connectivity index (χ4v) is 3.90. The van der Waals surface area contributed by atoms with E-state index in [-0.39, 0.29) is 0 Å². The average Bonchev–Trinajstić information content (AvgIpc) is 2.74. The van der Waals surface area contributed by atoms with Gasteiger partial charge < -0.3 is 4.90 Å². The Morgan fingerprint density at radius 3 is 2.37 bits per heavy atom. The van der Waals surface area contributed by atoms with E-state index in [2.05, 4.69) is 59.2 Å². The van der Waals surface area contributed by atoms with Crippen LogP contribution >= 0.6 is 0 Å². The van der Waals surface area contributed by atoms with Crippen LogP contribution in [0, 0.1) is 29.9 Å². The van der Waals surface area contributed by atoms with Gasteiger partial charge in [-0.15, -0.1) is 0 Å². The molecule has 0 amide bonds. The van der Waals surface area contributed by atoms with Crippen LogP contribution in [-0.4, -0.2) is 18.2 Å². The number of aliphatic imine (C=N–C) groups is 1. The van der Waals surface area contributed by atoms with Crippen LogP contribution in [0.15, 0.2) is 71.9 Å². The molecule has 1 aromatic heterocycles. The summed E-state index contributed by atoms with van der Waals surface area (Å²) in [6.45, 7) is 4.11. The van der Waals surface area contributed by atoms with Crippen molar-refractivity contribution in [2.24, 2.45) is 4.99 Å². The lowest BCUT2D eigenvalue weighted by Crippen LogP contribution is -2.25. The maximum atomic E-state index is 8.57. The van der Waals surface area contributed by atoms with Crippen molar-refractivity contribution in [1.29, 1.82) is 5.53 Å². The molecule has 0 saturated carbocycles. The molecular formula is C25H22N5+. The Balaban J connectivity index is 1.68. The Morgan fingerprint density at radius 1 is 0.867 bits per heavy atom. The molecule has 5 heteroatoms. The SMILES string of the molecule is Cc1ccc2c(c1)N=CC(=c1ccc(=c3cnc4cc(C)ccc4[n+]3=N)cc1)N2C. The number of aryl methyl sites for hydroxylation is 2. The fraction of sp³-hybridized carbons (Fsp3) is 0.120. The number of hydrogen-bond acceptors (Lipinski definition) is 4. The van der Waals surface area contributed by atoms with Crippen molar-refractivity contribution in [1.82, 2.24) is 4.98 Å². The van der Waals surface area contributed by atoms with Gasteiger partial charge in [0.05, 0.1) is 28.5 Å². The Kier molecular flexibility index (Phi) is 4.17. The number of anilines is 1. The molecule has 1 N–H and O–H groups in total. The topological polar surface area (TPSA) is 58.2 Å². The molecular weight excluding hydrogens is 370 g/mol. The van der Waals surface area contributed by atoms with Gasteiger partial charge in [-0.2, -0.15) is 0 Å². The van der Waals surface area contributed by atoms with Crippen LogP contribution in [0.1, 0.15) is 11.1 Å². The molecule has 5 nitrogen and oxygen atoms in total. The maximum Gasteiger partial charge on any atom is 0.263 e. The summed E-state index contributed by atoms with van der Waals surface area (Å²) in [7, 11) is 2.07. The van der Waals surface area contributed by atoms with Crippen LogP contribution in [0.5, 0.6) is 0 Å². The van der Waals surface area contributed by atoms with Crippen molar-refractivity contribution in [3.8, 4) is 0 Å². The number of benzene rings is 3. The summed E-state index contributed by atoms with van der Waals surface area (Å²) in [4.78, 5) is 11.4. The van der Waals surface area contributed by atoms with E-state index in [1.54, 1.807) is 6.20 Å². The van der Waals surface area contributed by atoms with Crippen LogP contribution in [0.4, 0.5) is 11.4 Å². The first-order valence-electron chi connectivity index (χ1n) is 9.90. The molecule has 0 saturated heterocycles. The molecule has 0 spiro atoms. The van der Waals surface area contributed by atoms with Crippen LogP contribution < -0.4 is 14.5 Å². The first-order valence-corrected chi connectivity index (χ1v) is 9.90. The van der Waals surface area contributed by atoms with Crippen molar-refractivity contribution in [3.63, 3.8) is 0 Å². The zero-order chi connectivity index (χ0) is 20.8. The van der Waals surface area contributed by atoms with Gasteiger partial charge in [0.2, 0.25) is 0 Å². The number of rotatable bonds is 0. The predicted octanol–water partition coefficient (Wildman–Crippen LogP) is 4.00. The van der Waals surface area contributed by atoms with E-state index in [1.165, 1.54) is 9.93 Å². The van der Waals surface area contributed by atoms with Crippen molar-refractivity contribution < 1.29 is 4.36 Å². The standard InChI is InChI=1S/C25H22N5/c1-16-4-10-22-20(12-16)27-14-24(29(22)3)18-6-8-19(9-7-18)25-15-28-21-13-17(2)5-11-23(21)30(25)26/h4-15,26H,1-3H3/q+1. The Hall–Kier alpha value is -3.86. The molecule has 0 radical (unpaired) electrons. The van der Waals surface area contributed by atoms with Gasteiger partial charge in [0.1, 0.15) is 11.7 Å². The number of nitrogens with one attached hydrogen (secondary N) is 1. The van der Waals surface area contributed by atoms with Crippen LogP contribution in [0.25, 0.3) is 16.7 Å². The molecule has 0 atom stereocenters. The van der Waals surface area contributed by atoms with E-state index in [4.69, 9.17) is 5.53 Å². The van der Waals surface area contributed by atoms with Gasteiger partial charge in [-0.05, 0) is 70.4 Å². The van der Waals surface area contributed by atoms with Crippen molar-refractivity contribution >= 4 is 34.3 Å². The molecule has 3 aromatic carbocycles.